The summed E-state index contributed by atoms with van der Waals surface area (Å²) in [5, 5.41) is 0.711. The Morgan fingerprint density at radius 1 is 1.35 bits per heavy atom. The largest absolute Gasteiger partial charge is 0.326 e. The summed E-state index contributed by atoms with van der Waals surface area (Å²) in [6.45, 7) is 7.26. The summed E-state index contributed by atoms with van der Waals surface area (Å²) in [7, 11) is 0. The summed E-state index contributed by atoms with van der Waals surface area (Å²) in [4.78, 5) is 4.58. The summed E-state index contributed by atoms with van der Waals surface area (Å²) in [5.41, 5.74) is 8.00. The van der Waals surface area contributed by atoms with Gasteiger partial charge in [-0.25, -0.2) is 4.98 Å². The van der Waals surface area contributed by atoms with Crippen LogP contribution >= 0.6 is 11.6 Å². The van der Waals surface area contributed by atoms with Gasteiger partial charge < -0.3 is 10.3 Å². The Balaban J connectivity index is 2.62. The first kappa shape index (κ1) is 12.4. The van der Waals surface area contributed by atoms with Gasteiger partial charge >= 0.3 is 0 Å². The molecule has 0 fully saturated rings. The van der Waals surface area contributed by atoms with Crippen LogP contribution in [-0.4, -0.2) is 9.55 Å². The molecule has 1 aromatic heterocycles. The van der Waals surface area contributed by atoms with Crippen LogP contribution in [0.5, 0.6) is 0 Å². The summed E-state index contributed by atoms with van der Waals surface area (Å²) in [6, 6.07) is 5.73. The predicted octanol–water partition coefficient (Wildman–Crippen LogP) is 3.37. The summed E-state index contributed by atoms with van der Waals surface area (Å²) >= 11 is 5.99. The molecule has 0 bridgehead atoms. The Labute approximate surface area is 107 Å². The molecule has 0 saturated heterocycles. The molecule has 0 amide bonds. The number of fused-ring (bicyclic) bond motifs is 1. The van der Waals surface area contributed by atoms with Crippen molar-refractivity contribution in [2.24, 2.45) is 11.7 Å². The van der Waals surface area contributed by atoms with Crippen LogP contribution in [0.15, 0.2) is 18.2 Å². The van der Waals surface area contributed by atoms with E-state index in [1.165, 1.54) is 0 Å². The third-order valence-corrected chi connectivity index (χ3v) is 2.93. The fourth-order valence-electron chi connectivity index (χ4n) is 2.03. The molecule has 2 N–H and O–H groups in total. The Hall–Kier alpha value is -1.06. The highest BCUT2D eigenvalue weighted by Gasteiger charge is 2.14. The second-order valence-electron chi connectivity index (χ2n) is 4.90. The van der Waals surface area contributed by atoms with Crippen molar-refractivity contribution in [1.29, 1.82) is 0 Å². The fraction of sp³-hybridized carbons (Fsp3) is 0.462. The van der Waals surface area contributed by atoms with E-state index < -0.39 is 0 Å². The summed E-state index contributed by atoms with van der Waals surface area (Å²) in [6.07, 6.45) is 0. The third-order valence-electron chi connectivity index (χ3n) is 2.69. The highest BCUT2D eigenvalue weighted by Crippen LogP contribution is 2.23. The number of rotatable bonds is 3. The van der Waals surface area contributed by atoms with E-state index >= 15 is 0 Å². The molecule has 0 unspecified atom stereocenters. The van der Waals surface area contributed by atoms with Crippen LogP contribution in [0.1, 0.15) is 32.6 Å². The molecule has 0 aliphatic heterocycles. The van der Waals surface area contributed by atoms with E-state index in [2.05, 4.69) is 23.4 Å². The number of imidazole rings is 1. The average Bonchev–Trinajstić information content (AvgIpc) is 2.55. The Bertz CT molecular complexity index is 529. The summed E-state index contributed by atoms with van der Waals surface area (Å²) in [5.74, 6) is 1.48. The molecule has 2 aromatic rings. The van der Waals surface area contributed by atoms with Crippen LogP contribution in [0.4, 0.5) is 0 Å². The Morgan fingerprint density at radius 2 is 2.06 bits per heavy atom. The SMILES string of the molecule is CC(C)Cn1c([C@@H](C)N)nc2cc(Cl)ccc21. The molecule has 92 valence electrons. The molecule has 0 saturated carbocycles. The van der Waals surface area contributed by atoms with Crippen LogP contribution in [0, 0.1) is 5.92 Å². The van der Waals surface area contributed by atoms with Crippen LogP contribution in [-0.2, 0) is 6.54 Å². The van der Waals surface area contributed by atoms with Crippen molar-refractivity contribution in [3.8, 4) is 0 Å². The first-order valence-corrected chi connectivity index (χ1v) is 6.28. The standard InChI is InChI=1S/C13H18ClN3/c1-8(2)7-17-12-5-4-10(14)6-11(12)16-13(17)9(3)15/h4-6,8-9H,7,15H2,1-3H3/t9-/m1/s1. The van der Waals surface area contributed by atoms with Gasteiger partial charge in [0.05, 0.1) is 17.1 Å². The predicted molar refractivity (Wildman–Crippen MR) is 72.2 cm³/mol. The minimum absolute atomic E-state index is 0.0695. The van der Waals surface area contributed by atoms with Crippen molar-refractivity contribution in [3.63, 3.8) is 0 Å². The van der Waals surface area contributed by atoms with E-state index in [0.29, 0.717) is 10.9 Å². The van der Waals surface area contributed by atoms with Crippen molar-refractivity contribution in [1.82, 2.24) is 9.55 Å². The van der Waals surface area contributed by atoms with Crippen LogP contribution in [0.25, 0.3) is 11.0 Å². The molecule has 1 aromatic carbocycles. The maximum Gasteiger partial charge on any atom is 0.126 e. The van der Waals surface area contributed by atoms with E-state index in [4.69, 9.17) is 17.3 Å². The molecular weight excluding hydrogens is 234 g/mol. The molecule has 0 aliphatic rings. The number of aromatic nitrogens is 2. The van der Waals surface area contributed by atoms with Gasteiger partial charge in [0.2, 0.25) is 0 Å². The molecule has 1 atom stereocenters. The zero-order chi connectivity index (χ0) is 12.6. The lowest BCUT2D eigenvalue weighted by atomic mass is 10.2. The minimum Gasteiger partial charge on any atom is -0.326 e. The second kappa shape index (κ2) is 4.67. The van der Waals surface area contributed by atoms with Gasteiger partial charge in [0.1, 0.15) is 5.82 Å². The fourth-order valence-corrected chi connectivity index (χ4v) is 2.19. The van der Waals surface area contributed by atoms with Crippen molar-refractivity contribution in [2.45, 2.75) is 33.4 Å². The normalized spacial score (nSPS) is 13.5. The van der Waals surface area contributed by atoms with E-state index in [1.807, 2.05) is 25.1 Å². The molecule has 0 spiro atoms. The van der Waals surface area contributed by atoms with Crippen molar-refractivity contribution in [3.05, 3.63) is 29.0 Å². The van der Waals surface area contributed by atoms with Gasteiger partial charge in [0.25, 0.3) is 0 Å². The van der Waals surface area contributed by atoms with Gasteiger partial charge in [0.15, 0.2) is 0 Å². The van der Waals surface area contributed by atoms with E-state index in [9.17, 15) is 0 Å². The molecule has 3 nitrogen and oxygen atoms in total. The van der Waals surface area contributed by atoms with Gasteiger partial charge in [-0.1, -0.05) is 25.4 Å². The maximum atomic E-state index is 5.99. The maximum absolute atomic E-state index is 5.99. The van der Waals surface area contributed by atoms with E-state index in [0.717, 1.165) is 23.4 Å². The number of benzene rings is 1. The number of hydrogen-bond acceptors (Lipinski definition) is 2. The van der Waals surface area contributed by atoms with Gasteiger partial charge in [-0.3, -0.25) is 0 Å². The zero-order valence-corrected chi connectivity index (χ0v) is 11.2. The first-order chi connectivity index (χ1) is 7.99. The minimum atomic E-state index is -0.0695. The molecule has 0 radical (unpaired) electrons. The van der Waals surface area contributed by atoms with E-state index in [-0.39, 0.29) is 6.04 Å². The quantitative estimate of drug-likeness (QED) is 0.909. The second-order valence-corrected chi connectivity index (χ2v) is 5.33. The lowest BCUT2D eigenvalue weighted by Crippen LogP contribution is -2.15. The van der Waals surface area contributed by atoms with E-state index in [1.54, 1.807) is 0 Å². The number of hydrogen-bond donors (Lipinski definition) is 1. The van der Waals surface area contributed by atoms with Gasteiger partial charge in [-0.05, 0) is 31.0 Å². The van der Waals surface area contributed by atoms with Crippen LogP contribution < -0.4 is 5.73 Å². The zero-order valence-electron chi connectivity index (χ0n) is 10.4. The molecular formula is C13H18ClN3. The molecule has 4 heteroatoms. The average molecular weight is 252 g/mol. The molecule has 2 rings (SSSR count). The van der Waals surface area contributed by atoms with Crippen molar-refractivity contribution < 1.29 is 0 Å². The van der Waals surface area contributed by atoms with Crippen LogP contribution in [0.2, 0.25) is 5.02 Å². The lowest BCUT2D eigenvalue weighted by molar-refractivity contribution is 0.505. The van der Waals surface area contributed by atoms with Crippen LogP contribution in [0.3, 0.4) is 0 Å². The molecule has 1 heterocycles. The molecule has 17 heavy (non-hydrogen) atoms. The van der Waals surface area contributed by atoms with Crippen molar-refractivity contribution >= 4 is 22.6 Å². The Morgan fingerprint density at radius 3 is 2.65 bits per heavy atom. The number of nitrogens with two attached hydrogens (primary N) is 1. The summed E-state index contributed by atoms with van der Waals surface area (Å²) < 4.78 is 2.20. The van der Waals surface area contributed by atoms with Gasteiger partial charge in [0, 0.05) is 11.6 Å². The Kier molecular flexibility index (Phi) is 3.40. The highest BCUT2D eigenvalue weighted by atomic mass is 35.5. The lowest BCUT2D eigenvalue weighted by Gasteiger charge is -2.13. The smallest absolute Gasteiger partial charge is 0.126 e. The topological polar surface area (TPSA) is 43.8 Å². The third kappa shape index (κ3) is 2.45. The highest BCUT2D eigenvalue weighted by molar-refractivity contribution is 6.31. The van der Waals surface area contributed by atoms with Gasteiger partial charge in [-0.15, -0.1) is 0 Å². The first-order valence-electron chi connectivity index (χ1n) is 5.90. The number of halogens is 1. The molecule has 0 aliphatic carbocycles. The number of nitrogens with zero attached hydrogens (tertiary/aromatic N) is 2. The van der Waals surface area contributed by atoms with Crippen molar-refractivity contribution in [2.75, 3.05) is 0 Å². The van der Waals surface area contributed by atoms with Gasteiger partial charge in [-0.2, -0.15) is 0 Å². The monoisotopic (exact) mass is 251 g/mol.